The van der Waals surface area contributed by atoms with Gasteiger partial charge in [0.05, 0.1) is 6.10 Å². The normalized spacial score (nSPS) is 11.9. The molecule has 0 amide bonds. The maximum absolute atomic E-state index is 12.9. The maximum atomic E-state index is 12.9. The third-order valence-electron chi connectivity index (χ3n) is 4.07. The van der Waals surface area contributed by atoms with Crippen molar-refractivity contribution in [3.63, 3.8) is 0 Å². The van der Waals surface area contributed by atoms with E-state index in [-0.39, 0.29) is 5.82 Å². The van der Waals surface area contributed by atoms with Crippen molar-refractivity contribution in [1.29, 1.82) is 0 Å². The maximum Gasteiger partial charge on any atom is 0.123 e. The van der Waals surface area contributed by atoms with Gasteiger partial charge in [-0.3, -0.25) is 0 Å². The summed E-state index contributed by atoms with van der Waals surface area (Å²) < 4.78 is 18.7. The molecule has 4 heteroatoms. The molecule has 3 rings (SSSR count). The van der Waals surface area contributed by atoms with Gasteiger partial charge < -0.3 is 15.2 Å². The van der Waals surface area contributed by atoms with Crippen LogP contribution in [0.15, 0.2) is 78.9 Å². The minimum Gasteiger partial charge on any atom is -0.489 e. The van der Waals surface area contributed by atoms with E-state index in [4.69, 9.17) is 4.74 Å². The first-order chi connectivity index (χ1) is 12.7. The Bertz CT molecular complexity index is 806. The van der Waals surface area contributed by atoms with Crippen molar-refractivity contribution in [2.24, 2.45) is 0 Å². The van der Waals surface area contributed by atoms with E-state index in [1.165, 1.54) is 12.1 Å². The Morgan fingerprint density at radius 3 is 2.42 bits per heavy atom. The highest BCUT2D eigenvalue weighted by molar-refractivity contribution is 5.29. The summed E-state index contributed by atoms with van der Waals surface area (Å²) in [6.45, 7) is 1.51. The summed E-state index contributed by atoms with van der Waals surface area (Å²) in [4.78, 5) is 0. The van der Waals surface area contributed by atoms with Gasteiger partial charge in [0.2, 0.25) is 0 Å². The Hall–Kier alpha value is -2.69. The van der Waals surface area contributed by atoms with Gasteiger partial charge in [0, 0.05) is 13.1 Å². The van der Waals surface area contributed by atoms with E-state index < -0.39 is 6.10 Å². The Morgan fingerprint density at radius 1 is 0.885 bits per heavy atom. The minimum atomic E-state index is -0.533. The molecule has 0 aliphatic rings. The lowest BCUT2D eigenvalue weighted by atomic mass is 10.1. The van der Waals surface area contributed by atoms with Crippen molar-refractivity contribution in [2.75, 3.05) is 6.54 Å². The lowest BCUT2D eigenvalue weighted by molar-refractivity contribution is 0.174. The van der Waals surface area contributed by atoms with E-state index in [0.717, 1.165) is 22.4 Å². The first kappa shape index (κ1) is 18.1. The Morgan fingerprint density at radius 2 is 1.65 bits per heavy atom. The van der Waals surface area contributed by atoms with Gasteiger partial charge in [0.15, 0.2) is 0 Å². The smallest absolute Gasteiger partial charge is 0.123 e. The average molecular weight is 351 g/mol. The fourth-order valence-electron chi connectivity index (χ4n) is 2.64. The predicted octanol–water partition coefficient (Wildman–Crippen LogP) is 4.23. The number of hydrogen-bond acceptors (Lipinski definition) is 3. The molecule has 1 unspecified atom stereocenters. The molecule has 0 saturated carbocycles. The monoisotopic (exact) mass is 351 g/mol. The van der Waals surface area contributed by atoms with E-state index in [0.29, 0.717) is 19.7 Å². The van der Waals surface area contributed by atoms with Crippen LogP contribution < -0.4 is 10.1 Å². The lowest BCUT2D eigenvalue weighted by Crippen LogP contribution is -2.21. The van der Waals surface area contributed by atoms with Crippen molar-refractivity contribution in [3.8, 4) is 5.75 Å². The molecule has 0 fully saturated rings. The Labute approximate surface area is 153 Å². The topological polar surface area (TPSA) is 41.5 Å². The summed E-state index contributed by atoms with van der Waals surface area (Å²) >= 11 is 0. The van der Waals surface area contributed by atoms with E-state index in [1.54, 1.807) is 12.1 Å². The fourth-order valence-corrected chi connectivity index (χ4v) is 2.64. The molecule has 0 aliphatic carbocycles. The summed E-state index contributed by atoms with van der Waals surface area (Å²) in [5.74, 6) is 0.511. The molecule has 3 aromatic carbocycles. The number of nitrogens with one attached hydrogen (secondary N) is 1. The molecule has 0 heterocycles. The third kappa shape index (κ3) is 5.41. The quantitative estimate of drug-likeness (QED) is 0.638. The molecule has 1 atom stereocenters. The van der Waals surface area contributed by atoms with E-state index in [1.807, 2.05) is 54.6 Å². The van der Waals surface area contributed by atoms with Crippen molar-refractivity contribution in [1.82, 2.24) is 5.32 Å². The second kappa shape index (κ2) is 9.13. The molecule has 0 bridgehead atoms. The van der Waals surface area contributed by atoms with Crippen LogP contribution in [-0.4, -0.2) is 11.7 Å². The van der Waals surface area contributed by atoms with Gasteiger partial charge in [-0.2, -0.15) is 0 Å². The van der Waals surface area contributed by atoms with Crippen LogP contribution in [0.4, 0.5) is 4.39 Å². The van der Waals surface area contributed by atoms with Crippen LogP contribution >= 0.6 is 0 Å². The van der Waals surface area contributed by atoms with Crippen molar-refractivity contribution in [3.05, 3.63) is 101 Å². The number of hydrogen-bond donors (Lipinski definition) is 2. The summed E-state index contributed by atoms with van der Waals surface area (Å²) in [5.41, 5.74) is 2.89. The number of halogens is 1. The number of aliphatic hydroxyl groups is 1. The predicted molar refractivity (Wildman–Crippen MR) is 100 cm³/mol. The molecule has 0 aromatic heterocycles. The van der Waals surface area contributed by atoms with E-state index in [9.17, 15) is 9.50 Å². The molecule has 0 aliphatic heterocycles. The van der Waals surface area contributed by atoms with Gasteiger partial charge in [-0.1, -0.05) is 54.6 Å². The SMILES string of the molecule is OC(CNCc1cccc(OCc2ccc(F)cc2)c1)c1ccccc1. The zero-order valence-corrected chi connectivity index (χ0v) is 14.4. The van der Waals surface area contributed by atoms with Gasteiger partial charge in [0.1, 0.15) is 18.2 Å². The van der Waals surface area contributed by atoms with Crippen LogP contribution in [0.5, 0.6) is 5.75 Å². The summed E-state index contributed by atoms with van der Waals surface area (Å²) in [6.07, 6.45) is -0.533. The highest BCUT2D eigenvalue weighted by atomic mass is 19.1. The van der Waals surface area contributed by atoms with Crippen LogP contribution in [-0.2, 0) is 13.2 Å². The largest absolute Gasteiger partial charge is 0.489 e. The molecule has 0 radical (unpaired) electrons. The molecule has 0 spiro atoms. The van der Waals surface area contributed by atoms with Crippen LogP contribution in [0.3, 0.4) is 0 Å². The summed E-state index contributed by atoms with van der Waals surface area (Å²) in [6, 6.07) is 23.7. The van der Waals surface area contributed by atoms with Gasteiger partial charge in [0.25, 0.3) is 0 Å². The number of aliphatic hydroxyl groups excluding tert-OH is 1. The van der Waals surface area contributed by atoms with Crippen molar-refractivity contribution in [2.45, 2.75) is 19.3 Å². The van der Waals surface area contributed by atoms with Crippen LogP contribution in [0.25, 0.3) is 0 Å². The summed E-state index contributed by atoms with van der Waals surface area (Å²) in [5, 5.41) is 13.4. The number of benzene rings is 3. The van der Waals surface area contributed by atoms with E-state index in [2.05, 4.69) is 5.32 Å². The van der Waals surface area contributed by atoms with Crippen LogP contribution in [0, 0.1) is 5.82 Å². The lowest BCUT2D eigenvalue weighted by Gasteiger charge is -2.13. The van der Waals surface area contributed by atoms with Gasteiger partial charge in [-0.05, 0) is 41.0 Å². The second-order valence-corrected chi connectivity index (χ2v) is 6.12. The molecule has 134 valence electrons. The zero-order chi connectivity index (χ0) is 18.2. The van der Waals surface area contributed by atoms with Crippen molar-refractivity contribution >= 4 is 0 Å². The molecular formula is C22H22FNO2. The van der Waals surface area contributed by atoms with Crippen LogP contribution in [0.2, 0.25) is 0 Å². The Kier molecular flexibility index (Phi) is 6.36. The fraction of sp³-hybridized carbons (Fsp3) is 0.182. The third-order valence-corrected chi connectivity index (χ3v) is 4.07. The minimum absolute atomic E-state index is 0.250. The van der Waals surface area contributed by atoms with E-state index >= 15 is 0 Å². The Balaban J connectivity index is 1.48. The first-order valence-electron chi connectivity index (χ1n) is 8.60. The molecule has 0 saturated heterocycles. The first-order valence-corrected chi connectivity index (χ1v) is 8.60. The van der Waals surface area contributed by atoms with Gasteiger partial charge in [-0.15, -0.1) is 0 Å². The molecular weight excluding hydrogens is 329 g/mol. The average Bonchev–Trinajstić information content (AvgIpc) is 2.68. The standard InChI is InChI=1S/C22H22FNO2/c23-20-11-9-17(10-12-20)16-26-21-8-4-5-18(13-21)14-24-15-22(25)19-6-2-1-3-7-19/h1-13,22,24-25H,14-16H2. The van der Waals surface area contributed by atoms with Crippen molar-refractivity contribution < 1.29 is 14.2 Å². The summed E-state index contributed by atoms with van der Waals surface area (Å²) in [7, 11) is 0. The number of rotatable bonds is 8. The highest BCUT2D eigenvalue weighted by Crippen LogP contribution is 2.16. The highest BCUT2D eigenvalue weighted by Gasteiger charge is 2.06. The molecule has 3 nitrogen and oxygen atoms in total. The molecule has 2 N–H and O–H groups in total. The van der Waals surface area contributed by atoms with Gasteiger partial charge in [-0.25, -0.2) is 4.39 Å². The molecule has 3 aromatic rings. The van der Waals surface area contributed by atoms with Crippen LogP contribution in [0.1, 0.15) is 22.8 Å². The molecule has 26 heavy (non-hydrogen) atoms. The van der Waals surface area contributed by atoms with Gasteiger partial charge >= 0.3 is 0 Å². The second-order valence-electron chi connectivity index (χ2n) is 6.12. The number of ether oxygens (including phenoxy) is 1. The zero-order valence-electron chi connectivity index (χ0n) is 14.4.